The molecule has 1 aromatic carbocycles. The van der Waals surface area contributed by atoms with Crippen LogP contribution in [-0.2, 0) is 9.47 Å². The summed E-state index contributed by atoms with van der Waals surface area (Å²) < 4.78 is 20.5. The predicted octanol–water partition coefficient (Wildman–Crippen LogP) is 3.20. The number of hydrogen-bond donors (Lipinski definition) is 1. The molecule has 2 aromatic rings. The van der Waals surface area contributed by atoms with Gasteiger partial charge in [0.25, 0.3) is 5.91 Å². The number of nitrogens with one attached hydrogen (secondary N) is 1. The molecule has 1 aromatic heterocycles. The van der Waals surface area contributed by atoms with Gasteiger partial charge in [-0.1, -0.05) is 6.07 Å². The number of benzene rings is 1. The summed E-state index contributed by atoms with van der Waals surface area (Å²) in [6.45, 7) is 4.98. The molecule has 1 heterocycles. The summed E-state index contributed by atoms with van der Waals surface area (Å²) in [5.74, 6) is -1.61. The highest BCUT2D eigenvalue weighted by Crippen LogP contribution is 2.29. The monoisotopic (exact) mass is 375 g/mol. The van der Waals surface area contributed by atoms with Gasteiger partial charge in [-0.15, -0.1) is 0 Å². The summed E-state index contributed by atoms with van der Waals surface area (Å²) in [5, 5.41) is 2.51. The fourth-order valence-electron chi connectivity index (χ4n) is 2.42. The van der Waals surface area contributed by atoms with Crippen molar-refractivity contribution >= 4 is 23.7 Å². The van der Waals surface area contributed by atoms with Crippen LogP contribution in [0.2, 0.25) is 0 Å². The van der Waals surface area contributed by atoms with E-state index in [4.69, 9.17) is 18.6 Å². The van der Waals surface area contributed by atoms with Crippen LogP contribution >= 0.6 is 0 Å². The van der Waals surface area contributed by atoms with Gasteiger partial charge in [-0.05, 0) is 39.0 Å². The van der Waals surface area contributed by atoms with Crippen molar-refractivity contribution in [3.05, 3.63) is 46.7 Å². The van der Waals surface area contributed by atoms with Gasteiger partial charge in [0, 0.05) is 5.56 Å². The molecule has 0 fully saturated rings. The van der Waals surface area contributed by atoms with Gasteiger partial charge < -0.3 is 18.6 Å². The van der Waals surface area contributed by atoms with Gasteiger partial charge in [-0.2, -0.15) is 0 Å². The van der Waals surface area contributed by atoms with E-state index >= 15 is 0 Å². The van der Waals surface area contributed by atoms with E-state index < -0.39 is 17.8 Å². The molecule has 0 saturated heterocycles. The second-order valence-corrected chi connectivity index (χ2v) is 5.36. The molecule has 144 valence electrons. The highest BCUT2D eigenvalue weighted by Gasteiger charge is 2.31. The maximum absolute atomic E-state index is 12.5. The summed E-state index contributed by atoms with van der Waals surface area (Å²) in [7, 11) is 1.48. The molecule has 27 heavy (non-hydrogen) atoms. The molecule has 0 unspecified atom stereocenters. The molecule has 0 aliphatic rings. The Morgan fingerprint density at radius 2 is 1.67 bits per heavy atom. The van der Waals surface area contributed by atoms with E-state index in [0.29, 0.717) is 5.75 Å². The minimum Gasteiger partial charge on any atom is -0.497 e. The molecular formula is C19H21NO7. The van der Waals surface area contributed by atoms with Gasteiger partial charge in [0.1, 0.15) is 22.6 Å². The molecule has 8 nitrogen and oxygen atoms in total. The molecule has 0 aliphatic carbocycles. The van der Waals surface area contributed by atoms with Gasteiger partial charge in [-0.3, -0.25) is 10.1 Å². The van der Waals surface area contributed by atoms with E-state index in [1.165, 1.54) is 20.1 Å². The largest absolute Gasteiger partial charge is 0.497 e. The number of carbonyl (C=O) groups is 3. The molecule has 0 radical (unpaired) electrons. The summed E-state index contributed by atoms with van der Waals surface area (Å²) in [5.41, 5.74) is 0.0381. The summed E-state index contributed by atoms with van der Waals surface area (Å²) in [6, 6.07) is 6.44. The fraction of sp³-hybridized carbons (Fsp3) is 0.316. The van der Waals surface area contributed by atoms with Crippen molar-refractivity contribution in [2.75, 3.05) is 25.6 Å². The van der Waals surface area contributed by atoms with E-state index in [9.17, 15) is 14.4 Å². The Balaban J connectivity index is 2.43. The lowest BCUT2D eigenvalue weighted by Gasteiger charge is -2.07. The topological polar surface area (TPSA) is 104 Å². The van der Waals surface area contributed by atoms with Crippen LogP contribution in [-0.4, -0.2) is 38.2 Å². The van der Waals surface area contributed by atoms with Gasteiger partial charge >= 0.3 is 11.9 Å². The number of carbonyl (C=O) groups excluding carboxylic acids is 3. The minimum atomic E-state index is -0.793. The van der Waals surface area contributed by atoms with E-state index in [-0.39, 0.29) is 41.5 Å². The zero-order valence-corrected chi connectivity index (χ0v) is 15.6. The lowest BCUT2D eigenvalue weighted by atomic mass is 10.1. The Hall–Kier alpha value is -3.29. The Morgan fingerprint density at radius 3 is 2.26 bits per heavy atom. The Morgan fingerprint density at radius 1 is 1.04 bits per heavy atom. The zero-order valence-electron chi connectivity index (χ0n) is 15.6. The van der Waals surface area contributed by atoms with Crippen LogP contribution in [0.4, 0.5) is 5.88 Å². The van der Waals surface area contributed by atoms with Crippen molar-refractivity contribution in [2.24, 2.45) is 0 Å². The smallest absolute Gasteiger partial charge is 0.344 e. The van der Waals surface area contributed by atoms with Crippen molar-refractivity contribution in [2.45, 2.75) is 20.8 Å². The van der Waals surface area contributed by atoms with E-state index in [0.717, 1.165) is 0 Å². The van der Waals surface area contributed by atoms with Crippen LogP contribution in [0.1, 0.15) is 50.7 Å². The quantitative estimate of drug-likeness (QED) is 0.741. The first kappa shape index (κ1) is 20.0. The first-order valence-corrected chi connectivity index (χ1v) is 8.35. The van der Waals surface area contributed by atoms with E-state index in [2.05, 4.69) is 5.32 Å². The number of anilines is 1. The van der Waals surface area contributed by atoms with Gasteiger partial charge in [0.15, 0.2) is 0 Å². The van der Waals surface area contributed by atoms with Gasteiger partial charge in [-0.25, -0.2) is 9.59 Å². The Bertz CT molecular complexity index is 854. The highest BCUT2D eigenvalue weighted by atomic mass is 16.5. The normalized spacial score (nSPS) is 10.2. The van der Waals surface area contributed by atoms with Crippen molar-refractivity contribution in [3.63, 3.8) is 0 Å². The average Bonchev–Trinajstić information content (AvgIpc) is 2.98. The average molecular weight is 375 g/mol. The number of furan rings is 1. The Labute approximate surface area is 156 Å². The fourth-order valence-corrected chi connectivity index (χ4v) is 2.42. The van der Waals surface area contributed by atoms with Crippen LogP contribution in [0.25, 0.3) is 0 Å². The maximum Gasteiger partial charge on any atom is 0.344 e. The number of methoxy groups -OCH3 is 1. The number of esters is 2. The molecule has 8 heteroatoms. The van der Waals surface area contributed by atoms with Crippen LogP contribution in [0.5, 0.6) is 5.75 Å². The first-order valence-electron chi connectivity index (χ1n) is 8.35. The second-order valence-electron chi connectivity index (χ2n) is 5.36. The van der Waals surface area contributed by atoms with Crippen LogP contribution in [0.3, 0.4) is 0 Å². The van der Waals surface area contributed by atoms with E-state index in [1.807, 2.05) is 0 Å². The number of rotatable bonds is 7. The first-order chi connectivity index (χ1) is 12.9. The van der Waals surface area contributed by atoms with E-state index in [1.54, 1.807) is 32.0 Å². The third-order valence-corrected chi connectivity index (χ3v) is 3.60. The number of ether oxygens (including phenoxy) is 3. The van der Waals surface area contributed by atoms with Crippen molar-refractivity contribution in [3.8, 4) is 5.75 Å². The van der Waals surface area contributed by atoms with Gasteiger partial charge in [0.2, 0.25) is 5.88 Å². The molecule has 0 saturated carbocycles. The molecule has 0 atom stereocenters. The number of amides is 1. The third kappa shape index (κ3) is 4.46. The SMILES string of the molecule is CCOC(=O)c1c(C)oc(NC(=O)c2cccc(OC)c2)c1C(=O)OCC. The highest BCUT2D eigenvalue weighted by molar-refractivity contribution is 6.11. The molecular weight excluding hydrogens is 354 g/mol. The van der Waals surface area contributed by atoms with Gasteiger partial charge in [0.05, 0.1) is 20.3 Å². The zero-order chi connectivity index (χ0) is 20.0. The van der Waals surface area contributed by atoms with Crippen LogP contribution < -0.4 is 10.1 Å². The molecule has 0 spiro atoms. The molecule has 0 aliphatic heterocycles. The standard InChI is InChI=1S/C19H21NO7/c1-5-25-18(22)14-11(3)27-17(15(14)19(23)26-6-2)20-16(21)12-8-7-9-13(10-12)24-4/h7-10H,5-6H2,1-4H3,(H,20,21). The summed E-state index contributed by atoms with van der Waals surface area (Å²) in [4.78, 5) is 37.1. The molecule has 1 amide bonds. The lowest BCUT2D eigenvalue weighted by molar-refractivity contribution is 0.0480. The molecule has 0 bridgehead atoms. The van der Waals surface area contributed by atoms with Crippen molar-refractivity contribution in [1.82, 2.24) is 0 Å². The molecule has 2 rings (SSSR count). The van der Waals surface area contributed by atoms with Crippen molar-refractivity contribution in [1.29, 1.82) is 0 Å². The van der Waals surface area contributed by atoms with Crippen LogP contribution in [0.15, 0.2) is 28.7 Å². The molecule has 1 N–H and O–H groups in total. The number of hydrogen-bond acceptors (Lipinski definition) is 7. The van der Waals surface area contributed by atoms with Crippen molar-refractivity contribution < 1.29 is 33.0 Å². The maximum atomic E-state index is 12.5. The number of aryl methyl sites for hydroxylation is 1. The summed E-state index contributed by atoms with van der Waals surface area (Å²) >= 11 is 0. The van der Waals surface area contributed by atoms with Crippen LogP contribution in [0, 0.1) is 6.92 Å². The minimum absolute atomic E-state index is 0.0729. The third-order valence-electron chi connectivity index (χ3n) is 3.60. The second kappa shape index (κ2) is 8.88. The predicted molar refractivity (Wildman–Crippen MR) is 96.3 cm³/mol. The summed E-state index contributed by atoms with van der Waals surface area (Å²) in [6.07, 6.45) is 0. The lowest BCUT2D eigenvalue weighted by Crippen LogP contribution is -2.17. The Kier molecular flexibility index (Phi) is 6.59.